The number of carbonyl (C=O) groups is 2. The van der Waals surface area contributed by atoms with Crippen LogP contribution in [0.4, 0.5) is 5.95 Å². The monoisotopic (exact) mass is 240 g/mol. The van der Waals surface area contributed by atoms with Gasteiger partial charge in [0.2, 0.25) is 17.7 Å². The third-order valence-corrected chi connectivity index (χ3v) is 2.12. The second-order valence-corrected chi connectivity index (χ2v) is 3.59. The number of carbonyl (C=O) groups excluding carboxylic acids is 2. The Balaban J connectivity index is 2.74. The number of hydrogen-bond donors (Lipinski definition) is 3. The number of primary amides is 1. The standard InChI is InChI=1S/C9H16N6O2/c1-2-3-4-15(5-6(10)16)8(17)7-12-9(11)14-13-7/h2-5H2,1H3,(H2,10,16)(H3,11,12,13,14). The molecule has 1 aromatic heterocycles. The number of rotatable bonds is 6. The van der Waals surface area contributed by atoms with E-state index in [1.54, 1.807) is 0 Å². The van der Waals surface area contributed by atoms with Gasteiger partial charge in [0.15, 0.2) is 0 Å². The van der Waals surface area contributed by atoms with Crippen LogP contribution < -0.4 is 11.5 Å². The maximum Gasteiger partial charge on any atom is 0.291 e. The van der Waals surface area contributed by atoms with Gasteiger partial charge in [-0.25, -0.2) is 0 Å². The van der Waals surface area contributed by atoms with E-state index >= 15 is 0 Å². The Morgan fingerprint density at radius 1 is 1.47 bits per heavy atom. The zero-order chi connectivity index (χ0) is 12.8. The molecule has 0 fully saturated rings. The molecule has 94 valence electrons. The van der Waals surface area contributed by atoms with Gasteiger partial charge in [0.1, 0.15) is 0 Å². The van der Waals surface area contributed by atoms with Gasteiger partial charge in [-0.1, -0.05) is 13.3 Å². The van der Waals surface area contributed by atoms with Crippen LogP contribution >= 0.6 is 0 Å². The molecule has 1 aromatic rings. The number of hydrogen-bond acceptors (Lipinski definition) is 5. The highest BCUT2D eigenvalue weighted by atomic mass is 16.2. The minimum atomic E-state index is -0.568. The molecule has 0 unspecified atom stereocenters. The van der Waals surface area contributed by atoms with Crippen LogP contribution in [0.1, 0.15) is 30.4 Å². The van der Waals surface area contributed by atoms with Gasteiger partial charge in [0, 0.05) is 6.54 Å². The minimum absolute atomic E-state index is 0.0112. The average Bonchev–Trinajstić information content (AvgIpc) is 2.69. The molecule has 0 bridgehead atoms. The number of nitrogens with zero attached hydrogens (tertiary/aromatic N) is 3. The number of unbranched alkanes of at least 4 members (excludes halogenated alkanes) is 1. The van der Waals surface area contributed by atoms with Gasteiger partial charge in [0.25, 0.3) is 5.91 Å². The van der Waals surface area contributed by atoms with E-state index in [-0.39, 0.29) is 18.3 Å². The quantitative estimate of drug-likeness (QED) is 0.593. The molecule has 0 aliphatic rings. The molecule has 0 aliphatic carbocycles. The average molecular weight is 240 g/mol. The van der Waals surface area contributed by atoms with Crippen LogP contribution in [-0.2, 0) is 4.79 Å². The molecule has 17 heavy (non-hydrogen) atoms. The number of anilines is 1. The zero-order valence-electron chi connectivity index (χ0n) is 9.64. The first kappa shape index (κ1) is 12.9. The predicted molar refractivity (Wildman–Crippen MR) is 60.8 cm³/mol. The maximum absolute atomic E-state index is 11.9. The molecule has 1 rings (SSSR count). The van der Waals surface area contributed by atoms with Crippen LogP contribution in [0.15, 0.2) is 0 Å². The van der Waals surface area contributed by atoms with Crippen molar-refractivity contribution < 1.29 is 9.59 Å². The van der Waals surface area contributed by atoms with E-state index in [0.717, 1.165) is 12.8 Å². The number of amides is 2. The molecule has 5 N–H and O–H groups in total. The minimum Gasteiger partial charge on any atom is -0.368 e. The smallest absolute Gasteiger partial charge is 0.291 e. The van der Waals surface area contributed by atoms with Crippen LogP contribution in [0.2, 0.25) is 0 Å². The van der Waals surface area contributed by atoms with Crippen molar-refractivity contribution in [3.8, 4) is 0 Å². The Labute approximate surface area is 98.4 Å². The SMILES string of the molecule is CCCCN(CC(N)=O)C(=O)c1nc(N)n[nH]1. The highest BCUT2D eigenvalue weighted by Gasteiger charge is 2.20. The fourth-order valence-electron chi connectivity index (χ4n) is 1.31. The first-order valence-corrected chi connectivity index (χ1v) is 5.30. The van der Waals surface area contributed by atoms with Gasteiger partial charge in [-0.05, 0) is 6.42 Å². The summed E-state index contributed by atoms with van der Waals surface area (Å²) in [5, 5.41) is 5.96. The molecule has 0 atom stereocenters. The van der Waals surface area contributed by atoms with E-state index in [1.165, 1.54) is 4.90 Å². The topological polar surface area (TPSA) is 131 Å². The van der Waals surface area contributed by atoms with Crippen molar-refractivity contribution in [2.24, 2.45) is 5.73 Å². The molecule has 8 nitrogen and oxygen atoms in total. The van der Waals surface area contributed by atoms with Crippen molar-refractivity contribution in [3.05, 3.63) is 5.82 Å². The van der Waals surface area contributed by atoms with E-state index in [9.17, 15) is 9.59 Å². The summed E-state index contributed by atoms with van der Waals surface area (Å²) in [7, 11) is 0. The Hall–Kier alpha value is -2.12. The van der Waals surface area contributed by atoms with Crippen molar-refractivity contribution in [1.29, 1.82) is 0 Å². The van der Waals surface area contributed by atoms with Crippen molar-refractivity contribution in [1.82, 2.24) is 20.1 Å². The van der Waals surface area contributed by atoms with Crippen LogP contribution in [0.25, 0.3) is 0 Å². The lowest BCUT2D eigenvalue weighted by molar-refractivity contribution is -0.118. The van der Waals surface area contributed by atoms with E-state index in [0.29, 0.717) is 6.54 Å². The lowest BCUT2D eigenvalue weighted by atomic mass is 10.3. The summed E-state index contributed by atoms with van der Waals surface area (Å²) < 4.78 is 0. The van der Waals surface area contributed by atoms with Crippen LogP contribution in [0, 0.1) is 0 Å². The van der Waals surface area contributed by atoms with Crippen LogP contribution in [0.3, 0.4) is 0 Å². The number of aromatic nitrogens is 3. The van der Waals surface area contributed by atoms with Crippen molar-refractivity contribution in [2.45, 2.75) is 19.8 Å². The van der Waals surface area contributed by atoms with E-state index in [2.05, 4.69) is 15.2 Å². The largest absolute Gasteiger partial charge is 0.368 e. The first-order chi connectivity index (χ1) is 8.04. The third-order valence-electron chi connectivity index (χ3n) is 2.12. The van der Waals surface area contributed by atoms with E-state index in [4.69, 9.17) is 11.5 Å². The number of H-pyrrole nitrogens is 1. The fraction of sp³-hybridized carbons (Fsp3) is 0.556. The van der Waals surface area contributed by atoms with Gasteiger partial charge in [-0.3, -0.25) is 14.7 Å². The number of aromatic amines is 1. The van der Waals surface area contributed by atoms with Crippen molar-refractivity contribution in [3.63, 3.8) is 0 Å². The lowest BCUT2D eigenvalue weighted by Gasteiger charge is -2.19. The molecular formula is C9H16N6O2. The Kier molecular flexibility index (Phi) is 4.44. The Morgan fingerprint density at radius 2 is 2.18 bits per heavy atom. The number of nitrogens with one attached hydrogen (secondary N) is 1. The second kappa shape index (κ2) is 5.83. The Morgan fingerprint density at radius 3 is 2.65 bits per heavy atom. The van der Waals surface area contributed by atoms with Crippen molar-refractivity contribution >= 4 is 17.8 Å². The van der Waals surface area contributed by atoms with Gasteiger partial charge in [0.05, 0.1) is 6.54 Å². The molecule has 0 aromatic carbocycles. The summed E-state index contributed by atoms with van der Waals surface area (Å²) >= 11 is 0. The molecule has 0 saturated heterocycles. The van der Waals surface area contributed by atoms with Gasteiger partial charge < -0.3 is 16.4 Å². The zero-order valence-corrected chi connectivity index (χ0v) is 9.64. The molecule has 0 aliphatic heterocycles. The summed E-state index contributed by atoms with van der Waals surface area (Å²) in [5.74, 6) is -0.994. The number of nitrogen functional groups attached to an aromatic ring is 1. The number of nitrogens with two attached hydrogens (primary N) is 2. The van der Waals surface area contributed by atoms with Crippen LogP contribution in [-0.4, -0.2) is 45.0 Å². The maximum atomic E-state index is 11.9. The highest BCUT2D eigenvalue weighted by Crippen LogP contribution is 2.02. The summed E-state index contributed by atoms with van der Waals surface area (Å²) in [5.41, 5.74) is 10.4. The summed E-state index contributed by atoms with van der Waals surface area (Å²) in [4.78, 5) is 27.8. The predicted octanol–water partition coefficient (Wildman–Crippen LogP) is -0.885. The first-order valence-electron chi connectivity index (χ1n) is 5.30. The summed E-state index contributed by atoms with van der Waals surface area (Å²) in [6, 6.07) is 0. The molecular weight excluding hydrogens is 224 g/mol. The van der Waals surface area contributed by atoms with E-state index < -0.39 is 11.8 Å². The lowest BCUT2D eigenvalue weighted by Crippen LogP contribution is -2.39. The molecule has 2 amide bonds. The fourth-order valence-corrected chi connectivity index (χ4v) is 1.31. The summed E-state index contributed by atoms with van der Waals surface area (Å²) in [6.45, 7) is 2.29. The molecule has 0 saturated carbocycles. The second-order valence-electron chi connectivity index (χ2n) is 3.59. The molecule has 0 radical (unpaired) electrons. The van der Waals surface area contributed by atoms with Gasteiger partial charge in [-0.2, -0.15) is 4.98 Å². The summed E-state index contributed by atoms with van der Waals surface area (Å²) in [6.07, 6.45) is 1.68. The van der Waals surface area contributed by atoms with Crippen LogP contribution in [0.5, 0.6) is 0 Å². The molecule has 0 spiro atoms. The van der Waals surface area contributed by atoms with Crippen molar-refractivity contribution in [2.75, 3.05) is 18.8 Å². The molecule has 1 heterocycles. The van der Waals surface area contributed by atoms with Gasteiger partial charge >= 0.3 is 0 Å². The third kappa shape index (κ3) is 3.74. The Bertz CT molecular complexity index is 402. The highest BCUT2D eigenvalue weighted by molar-refractivity contribution is 5.93. The van der Waals surface area contributed by atoms with Gasteiger partial charge in [-0.15, -0.1) is 5.10 Å². The normalized spacial score (nSPS) is 10.2. The van der Waals surface area contributed by atoms with E-state index in [1.807, 2.05) is 6.92 Å². The molecule has 8 heteroatoms.